The predicted octanol–water partition coefficient (Wildman–Crippen LogP) is 2.74. The minimum Gasteiger partial charge on any atom is -0.464 e. The summed E-state index contributed by atoms with van der Waals surface area (Å²) in [7, 11) is 2.06. The monoisotopic (exact) mass is 324 g/mol. The number of likely N-dealkylation sites (N-methyl/N-ethyl adjacent to an activating group) is 1. The van der Waals surface area contributed by atoms with Crippen LogP contribution < -0.4 is 4.74 Å². The summed E-state index contributed by atoms with van der Waals surface area (Å²) in [5.41, 5.74) is 2.66. The first-order chi connectivity index (χ1) is 11.6. The van der Waals surface area contributed by atoms with Crippen molar-refractivity contribution in [2.24, 2.45) is 0 Å². The molecule has 0 unspecified atom stereocenters. The van der Waals surface area contributed by atoms with Gasteiger partial charge < -0.3 is 14.7 Å². The molecule has 3 heterocycles. The molecule has 4 rings (SSSR count). The van der Waals surface area contributed by atoms with Crippen molar-refractivity contribution in [1.82, 2.24) is 19.4 Å². The molecule has 1 aliphatic heterocycles. The number of nitrogens with zero attached hydrogens (tertiary/aromatic N) is 4. The van der Waals surface area contributed by atoms with E-state index in [1.165, 1.54) is 17.1 Å². The number of hydrogen-bond donors (Lipinski definition) is 1. The lowest BCUT2D eigenvalue weighted by atomic mass is 10.1. The van der Waals surface area contributed by atoms with Gasteiger partial charge in [0.15, 0.2) is 0 Å². The lowest BCUT2D eigenvalue weighted by molar-refractivity contribution is 0.197. The average molecular weight is 324 g/mol. The molecule has 122 valence electrons. The number of hydrogen-bond acceptors (Lipinski definition) is 5. The molecule has 0 amide bonds. The smallest absolute Gasteiger partial charge is 0.415 e. The molecule has 24 heavy (non-hydrogen) atoms. The highest BCUT2D eigenvalue weighted by Crippen LogP contribution is 2.30. The van der Waals surface area contributed by atoms with Gasteiger partial charge in [0.1, 0.15) is 12.1 Å². The van der Waals surface area contributed by atoms with E-state index < -0.39 is 6.09 Å². The molecule has 7 heteroatoms. The Morgan fingerprint density at radius 2 is 2.17 bits per heavy atom. The summed E-state index contributed by atoms with van der Waals surface area (Å²) in [6, 6.07) is 7.05. The third kappa shape index (κ3) is 2.48. The molecule has 0 saturated heterocycles. The highest BCUT2D eigenvalue weighted by atomic mass is 16.5. The summed E-state index contributed by atoms with van der Waals surface area (Å²) in [5, 5.41) is 9.94. The Balaban J connectivity index is 1.69. The Hall–Kier alpha value is -2.93. The minimum atomic E-state index is -1.01. The van der Waals surface area contributed by atoms with E-state index in [0.717, 1.165) is 36.2 Å². The number of rotatable bonds is 2. The van der Waals surface area contributed by atoms with Crippen LogP contribution in [-0.2, 0) is 13.0 Å². The Kier molecular flexibility index (Phi) is 3.42. The normalized spacial score (nSPS) is 14.5. The second-order valence-electron chi connectivity index (χ2n) is 5.88. The van der Waals surface area contributed by atoms with Gasteiger partial charge in [-0.2, -0.15) is 0 Å². The van der Waals surface area contributed by atoms with E-state index in [9.17, 15) is 4.79 Å². The molecule has 0 saturated carbocycles. The van der Waals surface area contributed by atoms with Crippen LogP contribution in [0, 0.1) is 0 Å². The van der Waals surface area contributed by atoms with Crippen LogP contribution in [0.5, 0.6) is 11.6 Å². The lowest BCUT2D eigenvalue weighted by Crippen LogP contribution is -2.27. The lowest BCUT2D eigenvalue weighted by Gasteiger charge is -2.25. The largest absolute Gasteiger partial charge is 0.464 e. The van der Waals surface area contributed by atoms with Gasteiger partial charge in [0.25, 0.3) is 0 Å². The van der Waals surface area contributed by atoms with Crippen molar-refractivity contribution in [3.8, 4) is 11.6 Å². The highest BCUT2D eigenvalue weighted by Gasteiger charge is 2.20. The van der Waals surface area contributed by atoms with Crippen LogP contribution in [0.3, 0.4) is 0 Å². The fraction of sp³-hybridized carbons (Fsp3) is 0.235. The SMILES string of the molecule is CN1CCc2ncnc(Oc3ccc4c(ccn4C(=O)O)c3)c2C1. The molecule has 2 aromatic heterocycles. The molecule has 3 aromatic rings. The van der Waals surface area contributed by atoms with Crippen LogP contribution in [0.4, 0.5) is 4.79 Å². The van der Waals surface area contributed by atoms with E-state index in [1.807, 2.05) is 6.07 Å². The van der Waals surface area contributed by atoms with Crippen LogP contribution in [0.25, 0.3) is 10.9 Å². The predicted molar refractivity (Wildman–Crippen MR) is 87.5 cm³/mol. The number of carboxylic acid groups (broad SMARTS) is 1. The zero-order valence-electron chi connectivity index (χ0n) is 13.1. The number of ether oxygens (including phenoxy) is 1. The summed E-state index contributed by atoms with van der Waals surface area (Å²) >= 11 is 0. The summed E-state index contributed by atoms with van der Waals surface area (Å²) in [6.45, 7) is 1.72. The first-order valence-corrected chi connectivity index (χ1v) is 7.65. The van der Waals surface area contributed by atoms with E-state index in [0.29, 0.717) is 17.1 Å². The van der Waals surface area contributed by atoms with Crippen LogP contribution >= 0.6 is 0 Å². The van der Waals surface area contributed by atoms with E-state index in [2.05, 4.69) is 21.9 Å². The maximum atomic E-state index is 11.2. The molecular weight excluding hydrogens is 308 g/mol. The van der Waals surface area contributed by atoms with Crippen LogP contribution in [0.15, 0.2) is 36.8 Å². The van der Waals surface area contributed by atoms with Gasteiger partial charge in [0.2, 0.25) is 5.88 Å². The van der Waals surface area contributed by atoms with Gasteiger partial charge in [-0.05, 0) is 31.3 Å². The third-order valence-electron chi connectivity index (χ3n) is 4.24. The average Bonchev–Trinajstić information content (AvgIpc) is 2.99. The molecule has 0 fully saturated rings. The van der Waals surface area contributed by atoms with Crippen LogP contribution in [0.2, 0.25) is 0 Å². The van der Waals surface area contributed by atoms with Crippen LogP contribution in [0.1, 0.15) is 11.3 Å². The van der Waals surface area contributed by atoms with Gasteiger partial charge in [-0.15, -0.1) is 0 Å². The summed E-state index contributed by atoms with van der Waals surface area (Å²) < 4.78 is 7.15. The topological polar surface area (TPSA) is 80.5 Å². The third-order valence-corrected chi connectivity index (χ3v) is 4.24. The van der Waals surface area contributed by atoms with Crippen molar-refractivity contribution < 1.29 is 14.6 Å². The number of carbonyl (C=O) groups is 1. The summed E-state index contributed by atoms with van der Waals surface area (Å²) in [6.07, 6.45) is 2.93. The Bertz CT molecular complexity index is 935. The second-order valence-corrected chi connectivity index (χ2v) is 5.88. The first kappa shape index (κ1) is 14.6. The number of fused-ring (bicyclic) bond motifs is 2. The maximum absolute atomic E-state index is 11.2. The Morgan fingerprint density at radius 1 is 1.29 bits per heavy atom. The van der Waals surface area contributed by atoms with Gasteiger partial charge in [-0.25, -0.2) is 14.8 Å². The minimum absolute atomic E-state index is 0.559. The fourth-order valence-corrected chi connectivity index (χ4v) is 3.00. The molecule has 0 radical (unpaired) electrons. The van der Waals surface area contributed by atoms with Gasteiger partial charge in [0, 0.05) is 31.1 Å². The number of benzene rings is 1. The molecule has 0 spiro atoms. The van der Waals surface area contributed by atoms with Crippen molar-refractivity contribution in [3.63, 3.8) is 0 Å². The zero-order valence-corrected chi connectivity index (χ0v) is 13.1. The van der Waals surface area contributed by atoms with Gasteiger partial charge in [-0.3, -0.25) is 4.57 Å². The van der Waals surface area contributed by atoms with Crippen molar-refractivity contribution in [1.29, 1.82) is 0 Å². The van der Waals surface area contributed by atoms with E-state index >= 15 is 0 Å². The fourth-order valence-electron chi connectivity index (χ4n) is 3.00. The van der Waals surface area contributed by atoms with Crippen LogP contribution in [-0.4, -0.2) is 44.2 Å². The first-order valence-electron chi connectivity index (χ1n) is 7.65. The quantitative estimate of drug-likeness (QED) is 0.781. The molecule has 1 aliphatic rings. The molecule has 1 N–H and O–H groups in total. The number of aromatic nitrogens is 3. The van der Waals surface area contributed by atoms with Gasteiger partial charge >= 0.3 is 6.09 Å². The zero-order chi connectivity index (χ0) is 16.7. The van der Waals surface area contributed by atoms with Crippen molar-refractivity contribution >= 4 is 17.0 Å². The Morgan fingerprint density at radius 3 is 3.00 bits per heavy atom. The van der Waals surface area contributed by atoms with E-state index in [-0.39, 0.29) is 0 Å². The summed E-state index contributed by atoms with van der Waals surface area (Å²) in [4.78, 5) is 22.0. The van der Waals surface area contributed by atoms with Crippen molar-refractivity contribution in [2.75, 3.05) is 13.6 Å². The van der Waals surface area contributed by atoms with E-state index in [4.69, 9.17) is 9.84 Å². The molecule has 1 aromatic carbocycles. The molecule has 0 aliphatic carbocycles. The molecule has 0 atom stereocenters. The van der Waals surface area contributed by atoms with Crippen molar-refractivity contribution in [2.45, 2.75) is 13.0 Å². The second kappa shape index (κ2) is 5.61. The summed E-state index contributed by atoms with van der Waals surface area (Å²) in [5.74, 6) is 1.18. The van der Waals surface area contributed by atoms with Gasteiger partial charge in [-0.1, -0.05) is 0 Å². The Labute approximate surface area is 138 Å². The van der Waals surface area contributed by atoms with E-state index in [1.54, 1.807) is 18.2 Å². The maximum Gasteiger partial charge on any atom is 0.415 e. The van der Waals surface area contributed by atoms with Crippen molar-refractivity contribution in [3.05, 3.63) is 48.0 Å². The molecule has 0 bridgehead atoms. The molecular formula is C17H16N4O3. The van der Waals surface area contributed by atoms with Gasteiger partial charge in [0.05, 0.1) is 16.8 Å². The molecule has 7 nitrogen and oxygen atoms in total. The highest BCUT2D eigenvalue weighted by molar-refractivity contribution is 5.89. The standard InChI is InChI=1S/C17H16N4O3/c1-20-6-5-14-13(9-20)16(19-10-18-14)24-12-2-3-15-11(8-12)4-7-21(15)17(22)23/h2-4,7-8,10H,5-6,9H2,1H3,(H,22,23).